The lowest BCUT2D eigenvalue weighted by Gasteiger charge is -2.17. The number of nitrogens with one attached hydrogen (secondary N) is 1. The fourth-order valence-electron chi connectivity index (χ4n) is 2.01. The Morgan fingerprint density at radius 1 is 1.29 bits per heavy atom. The summed E-state index contributed by atoms with van der Waals surface area (Å²) >= 11 is 5.92. The topological polar surface area (TPSA) is 58.6 Å². The van der Waals surface area contributed by atoms with Gasteiger partial charge in [-0.2, -0.15) is 0 Å². The summed E-state index contributed by atoms with van der Waals surface area (Å²) in [5.41, 5.74) is 1.16. The molecule has 21 heavy (non-hydrogen) atoms. The lowest BCUT2D eigenvalue weighted by molar-refractivity contribution is 0.0913. The Balaban J connectivity index is 2.22. The summed E-state index contributed by atoms with van der Waals surface area (Å²) in [7, 11) is 1.49. The smallest absolute Gasteiger partial charge is 0.255 e. The molecule has 5 heteroatoms. The van der Waals surface area contributed by atoms with E-state index in [9.17, 15) is 9.90 Å². The third-order valence-electron chi connectivity index (χ3n) is 3.10. The number of halogens is 1. The summed E-state index contributed by atoms with van der Waals surface area (Å²) in [6.45, 7) is -0.196. The van der Waals surface area contributed by atoms with Crippen LogP contribution in [-0.2, 0) is 0 Å². The maximum atomic E-state index is 12.4. The highest BCUT2D eigenvalue weighted by Gasteiger charge is 2.18. The van der Waals surface area contributed by atoms with Crippen molar-refractivity contribution in [3.8, 4) is 5.75 Å². The number of hydrogen-bond donors (Lipinski definition) is 2. The zero-order valence-corrected chi connectivity index (χ0v) is 12.3. The van der Waals surface area contributed by atoms with E-state index >= 15 is 0 Å². The van der Waals surface area contributed by atoms with E-state index < -0.39 is 6.04 Å². The zero-order valence-electron chi connectivity index (χ0n) is 11.5. The van der Waals surface area contributed by atoms with Gasteiger partial charge in [-0.1, -0.05) is 41.9 Å². The van der Waals surface area contributed by atoms with Gasteiger partial charge >= 0.3 is 0 Å². The van der Waals surface area contributed by atoms with E-state index in [2.05, 4.69) is 5.32 Å². The summed E-state index contributed by atoms with van der Waals surface area (Å²) in [4.78, 5) is 12.4. The van der Waals surface area contributed by atoms with Gasteiger partial charge in [0.2, 0.25) is 0 Å². The molecular weight excluding hydrogens is 290 g/mol. The number of amides is 1. The Hall–Kier alpha value is -2.04. The first-order chi connectivity index (χ1) is 10.2. The number of rotatable bonds is 5. The van der Waals surface area contributed by atoms with Crippen LogP contribution in [0.1, 0.15) is 22.0 Å². The number of carbonyl (C=O) groups is 1. The van der Waals surface area contributed by atoms with Crippen molar-refractivity contribution in [2.45, 2.75) is 6.04 Å². The maximum Gasteiger partial charge on any atom is 0.255 e. The zero-order chi connectivity index (χ0) is 15.2. The quantitative estimate of drug-likeness (QED) is 0.893. The predicted octanol–water partition coefficient (Wildman–Crippen LogP) is 2.81. The molecule has 2 aromatic rings. The van der Waals surface area contributed by atoms with Crippen LogP contribution in [-0.4, -0.2) is 24.7 Å². The molecule has 0 aliphatic carbocycles. The fourth-order valence-corrected chi connectivity index (χ4v) is 2.19. The van der Waals surface area contributed by atoms with Crippen LogP contribution in [0.3, 0.4) is 0 Å². The molecule has 0 spiro atoms. The van der Waals surface area contributed by atoms with Crippen molar-refractivity contribution in [2.24, 2.45) is 0 Å². The molecule has 1 amide bonds. The molecule has 1 unspecified atom stereocenters. The fraction of sp³-hybridized carbons (Fsp3) is 0.188. The monoisotopic (exact) mass is 305 g/mol. The van der Waals surface area contributed by atoms with Crippen LogP contribution in [0.2, 0.25) is 5.02 Å². The van der Waals surface area contributed by atoms with Crippen LogP contribution in [0.15, 0.2) is 48.5 Å². The molecule has 0 fully saturated rings. The maximum absolute atomic E-state index is 12.4. The Labute approximate surface area is 128 Å². The van der Waals surface area contributed by atoms with E-state index in [1.54, 1.807) is 12.1 Å². The molecule has 0 radical (unpaired) electrons. The molecular formula is C16H16ClNO3. The van der Waals surface area contributed by atoms with Crippen LogP contribution in [0.5, 0.6) is 5.75 Å². The third-order valence-corrected chi connectivity index (χ3v) is 3.33. The highest BCUT2D eigenvalue weighted by molar-refractivity contribution is 6.31. The lowest BCUT2D eigenvalue weighted by atomic mass is 10.1. The van der Waals surface area contributed by atoms with Crippen LogP contribution in [0, 0.1) is 0 Å². The second-order valence-corrected chi connectivity index (χ2v) is 4.90. The third kappa shape index (κ3) is 3.74. The molecule has 2 aromatic carbocycles. The van der Waals surface area contributed by atoms with E-state index in [-0.39, 0.29) is 12.5 Å². The molecule has 0 heterocycles. The first-order valence-electron chi connectivity index (χ1n) is 6.46. The summed E-state index contributed by atoms with van der Waals surface area (Å²) in [5.74, 6) is 0.0823. The molecule has 1 atom stereocenters. The molecule has 0 saturated carbocycles. The second-order valence-electron chi connectivity index (χ2n) is 4.46. The molecule has 0 aliphatic heterocycles. The Bertz CT molecular complexity index is 616. The molecule has 0 saturated heterocycles. The van der Waals surface area contributed by atoms with Gasteiger partial charge in [0.05, 0.1) is 25.3 Å². The lowest BCUT2D eigenvalue weighted by Crippen LogP contribution is -2.31. The number of aliphatic hydroxyl groups excluding tert-OH is 1. The largest absolute Gasteiger partial charge is 0.496 e. The van der Waals surface area contributed by atoms with E-state index in [0.717, 1.165) is 5.56 Å². The molecule has 2 rings (SSSR count). The van der Waals surface area contributed by atoms with Crippen LogP contribution in [0.4, 0.5) is 0 Å². The van der Waals surface area contributed by atoms with E-state index in [4.69, 9.17) is 16.3 Å². The van der Waals surface area contributed by atoms with E-state index in [1.165, 1.54) is 13.2 Å². The number of carbonyl (C=O) groups excluding carboxylic acids is 1. The highest BCUT2D eigenvalue weighted by Crippen LogP contribution is 2.23. The number of methoxy groups -OCH3 is 1. The van der Waals surface area contributed by atoms with Gasteiger partial charge in [0, 0.05) is 5.02 Å². The molecule has 110 valence electrons. The van der Waals surface area contributed by atoms with Gasteiger partial charge in [-0.3, -0.25) is 4.79 Å². The second kappa shape index (κ2) is 7.11. The van der Waals surface area contributed by atoms with Crippen molar-refractivity contribution in [3.63, 3.8) is 0 Å². The summed E-state index contributed by atoms with van der Waals surface area (Å²) in [6.07, 6.45) is 0. The van der Waals surface area contributed by atoms with Crippen molar-refractivity contribution in [1.82, 2.24) is 5.32 Å². The molecule has 2 N–H and O–H groups in total. The number of hydrogen-bond acceptors (Lipinski definition) is 3. The Morgan fingerprint density at radius 3 is 2.62 bits per heavy atom. The van der Waals surface area contributed by atoms with Gasteiger partial charge in [-0.05, 0) is 23.8 Å². The van der Waals surface area contributed by atoms with Crippen molar-refractivity contribution >= 4 is 17.5 Å². The normalized spacial score (nSPS) is 11.8. The number of ether oxygens (including phenoxy) is 1. The SMILES string of the molecule is COc1ccc(Cl)cc1C(=O)NC(CO)c1ccccc1. The Morgan fingerprint density at radius 2 is 2.00 bits per heavy atom. The molecule has 4 nitrogen and oxygen atoms in total. The van der Waals surface area contributed by atoms with E-state index in [1.807, 2.05) is 30.3 Å². The van der Waals surface area contributed by atoms with Gasteiger partial charge in [0.15, 0.2) is 0 Å². The van der Waals surface area contributed by atoms with Crippen molar-refractivity contribution in [1.29, 1.82) is 0 Å². The minimum absolute atomic E-state index is 0.196. The van der Waals surface area contributed by atoms with Crippen molar-refractivity contribution < 1.29 is 14.6 Å². The average molecular weight is 306 g/mol. The standard InChI is InChI=1S/C16H16ClNO3/c1-21-15-8-7-12(17)9-13(15)16(20)18-14(10-19)11-5-3-2-4-6-11/h2-9,14,19H,10H2,1H3,(H,18,20). The number of aliphatic hydroxyl groups is 1. The van der Waals surface area contributed by atoms with Gasteiger partial charge < -0.3 is 15.2 Å². The summed E-state index contributed by atoms with van der Waals surface area (Å²) in [6, 6.07) is 13.6. The van der Waals surface area contributed by atoms with Crippen LogP contribution in [0.25, 0.3) is 0 Å². The van der Waals surface area contributed by atoms with Crippen LogP contribution >= 0.6 is 11.6 Å². The number of benzene rings is 2. The van der Waals surface area contributed by atoms with E-state index in [0.29, 0.717) is 16.3 Å². The van der Waals surface area contributed by atoms with Gasteiger partial charge in [-0.15, -0.1) is 0 Å². The highest BCUT2D eigenvalue weighted by atomic mass is 35.5. The van der Waals surface area contributed by atoms with Gasteiger partial charge in [-0.25, -0.2) is 0 Å². The predicted molar refractivity (Wildman–Crippen MR) is 81.7 cm³/mol. The first-order valence-corrected chi connectivity index (χ1v) is 6.83. The van der Waals surface area contributed by atoms with Gasteiger partial charge in [0.1, 0.15) is 5.75 Å². The first kappa shape index (κ1) is 15.4. The van der Waals surface area contributed by atoms with Gasteiger partial charge in [0.25, 0.3) is 5.91 Å². The van der Waals surface area contributed by atoms with Crippen LogP contribution < -0.4 is 10.1 Å². The van der Waals surface area contributed by atoms with Crippen molar-refractivity contribution in [3.05, 3.63) is 64.7 Å². The molecule has 0 aliphatic rings. The average Bonchev–Trinajstić information content (AvgIpc) is 2.53. The molecule has 0 bridgehead atoms. The summed E-state index contributed by atoms with van der Waals surface area (Å²) < 4.78 is 5.16. The van der Waals surface area contributed by atoms with Crippen molar-refractivity contribution in [2.75, 3.05) is 13.7 Å². The molecule has 0 aromatic heterocycles. The Kier molecular flexibility index (Phi) is 5.20. The minimum Gasteiger partial charge on any atom is -0.496 e. The minimum atomic E-state index is -0.484. The summed E-state index contributed by atoms with van der Waals surface area (Å²) in [5, 5.41) is 12.7.